The molecule has 0 heterocycles. The molecule has 0 aromatic heterocycles. The molecule has 0 spiro atoms. The zero-order valence-electron chi connectivity index (χ0n) is 8.05. The minimum atomic E-state index is -0.740. The molecule has 0 radical (unpaired) electrons. The van der Waals surface area contributed by atoms with Crippen molar-refractivity contribution in [2.45, 2.75) is 24.3 Å². The van der Waals surface area contributed by atoms with Gasteiger partial charge >= 0.3 is 0 Å². The lowest BCUT2D eigenvalue weighted by Crippen LogP contribution is -2.08. The van der Waals surface area contributed by atoms with Gasteiger partial charge in [0.15, 0.2) is 0 Å². The Bertz CT molecular complexity index is 326. The van der Waals surface area contributed by atoms with Gasteiger partial charge in [-0.05, 0) is 25.3 Å². The smallest absolute Gasteiger partial charge is 0.142 e. The Labute approximate surface area is 86.1 Å². The number of halogens is 2. The van der Waals surface area contributed by atoms with Gasteiger partial charge in [0.1, 0.15) is 11.6 Å². The lowest BCUT2D eigenvalue weighted by molar-refractivity contribution is 0.192. The zero-order valence-corrected chi connectivity index (χ0v) is 8.87. The fourth-order valence-electron chi connectivity index (χ4n) is 1.22. The molecule has 0 bridgehead atoms. The van der Waals surface area contributed by atoms with Crippen LogP contribution in [0.2, 0.25) is 0 Å². The van der Waals surface area contributed by atoms with E-state index in [-0.39, 0.29) is 12.0 Å². The van der Waals surface area contributed by atoms with E-state index in [1.165, 1.54) is 30.8 Å². The van der Waals surface area contributed by atoms with Crippen molar-refractivity contribution in [1.29, 1.82) is 0 Å². The first kappa shape index (κ1) is 11.5. The van der Waals surface area contributed by atoms with E-state index in [9.17, 15) is 8.78 Å². The van der Waals surface area contributed by atoms with Crippen molar-refractivity contribution in [2.75, 3.05) is 6.26 Å². The van der Waals surface area contributed by atoms with Gasteiger partial charge in [0.25, 0.3) is 0 Å². The molecule has 0 aliphatic heterocycles. The molecule has 4 heteroatoms. The third-order valence-corrected chi connectivity index (χ3v) is 2.63. The van der Waals surface area contributed by atoms with Crippen molar-refractivity contribution >= 4 is 11.8 Å². The van der Waals surface area contributed by atoms with E-state index in [0.717, 1.165) is 0 Å². The van der Waals surface area contributed by atoms with Gasteiger partial charge in [-0.25, -0.2) is 8.78 Å². The van der Waals surface area contributed by atoms with E-state index in [2.05, 4.69) is 0 Å². The van der Waals surface area contributed by atoms with Crippen LogP contribution in [0.3, 0.4) is 0 Å². The third kappa shape index (κ3) is 2.45. The van der Waals surface area contributed by atoms with Crippen molar-refractivity contribution in [2.24, 2.45) is 0 Å². The summed E-state index contributed by atoms with van der Waals surface area (Å²) >= 11 is 1.22. The van der Waals surface area contributed by atoms with Gasteiger partial charge in [-0.3, -0.25) is 0 Å². The average molecular weight is 218 g/mol. The number of aliphatic hydroxyl groups is 1. The lowest BCUT2D eigenvalue weighted by atomic mass is 10.1. The summed E-state index contributed by atoms with van der Waals surface area (Å²) in [6, 6.07) is 2.63. The normalized spacial score (nSPS) is 12.9. The van der Waals surface area contributed by atoms with Gasteiger partial charge in [0.05, 0.1) is 6.10 Å². The largest absolute Gasteiger partial charge is 0.393 e. The summed E-state index contributed by atoms with van der Waals surface area (Å²) in [4.78, 5) is 0.405. The topological polar surface area (TPSA) is 20.2 Å². The summed E-state index contributed by atoms with van der Waals surface area (Å²) in [5, 5.41) is 9.08. The van der Waals surface area contributed by atoms with Crippen molar-refractivity contribution in [3.05, 3.63) is 29.3 Å². The van der Waals surface area contributed by atoms with E-state index in [0.29, 0.717) is 4.90 Å². The van der Waals surface area contributed by atoms with Gasteiger partial charge in [-0.2, -0.15) is 0 Å². The second-order valence-corrected chi connectivity index (χ2v) is 3.94. The van der Waals surface area contributed by atoms with Crippen LogP contribution in [0.15, 0.2) is 17.0 Å². The highest BCUT2D eigenvalue weighted by Crippen LogP contribution is 2.24. The Balaban J connectivity index is 3.11. The lowest BCUT2D eigenvalue weighted by Gasteiger charge is -2.09. The monoisotopic (exact) mass is 218 g/mol. The number of rotatable bonds is 3. The predicted molar refractivity (Wildman–Crippen MR) is 53.5 cm³/mol. The molecule has 1 atom stereocenters. The van der Waals surface area contributed by atoms with Gasteiger partial charge in [-0.1, -0.05) is 0 Å². The van der Waals surface area contributed by atoms with Gasteiger partial charge in [0.2, 0.25) is 0 Å². The molecule has 0 saturated carbocycles. The molecule has 1 aromatic rings. The highest BCUT2D eigenvalue weighted by molar-refractivity contribution is 7.98. The first-order chi connectivity index (χ1) is 6.56. The van der Waals surface area contributed by atoms with Crippen molar-refractivity contribution in [3.63, 3.8) is 0 Å². The molecule has 0 aliphatic rings. The standard InChI is InChI=1S/C10H12F2OS/c1-6(13)5-7-8(11)3-4-9(14-2)10(7)12/h3-4,6,13H,5H2,1-2H3. The fraction of sp³-hybridized carbons (Fsp3) is 0.400. The highest BCUT2D eigenvalue weighted by Gasteiger charge is 2.14. The molecule has 0 amide bonds. The molecule has 1 aromatic carbocycles. The van der Waals surface area contributed by atoms with Gasteiger partial charge in [0, 0.05) is 16.9 Å². The van der Waals surface area contributed by atoms with E-state index >= 15 is 0 Å². The number of hydrogen-bond acceptors (Lipinski definition) is 2. The van der Waals surface area contributed by atoms with Crippen molar-refractivity contribution < 1.29 is 13.9 Å². The predicted octanol–water partition coefficient (Wildman–Crippen LogP) is 2.61. The number of benzene rings is 1. The Morgan fingerprint density at radius 3 is 2.57 bits per heavy atom. The molecule has 0 fully saturated rings. The van der Waals surface area contributed by atoms with Crippen LogP contribution in [0.5, 0.6) is 0 Å². The molecule has 78 valence electrons. The van der Waals surface area contributed by atoms with Crippen LogP contribution in [0.1, 0.15) is 12.5 Å². The number of thioether (sulfide) groups is 1. The summed E-state index contributed by atoms with van der Waals surface area (Å²) < 4.78 is 26.7. The molecule has 0 saturated heterocycles. The Kier molecular flexibility index (Phi) is 3.89. The summed E-state index contributed by atoms with van der Waals surface area (Å²) in [7, 11) is 0. The first-order valence-electron chi connectivity index (χ1n) is 4.25. The van der Waals surface area contributed by atoms with Crippen LogP contribution < -0.4 is 0 Å². The maximum atomic E-state index is 13.5. The summed E-state index contributed by atoms with van der Waals surface area (Å²) in [5.74, 6) is -1.15. The van der Waals surface area contributed by atoms with E-state index in [1.807, 2.05) is 0 Å². The molecule has 1 nitrogen and oxygen atoms in total. The minimum absolute atomic E-state index is 0.00602. The summed E-state index contributed by atoms with van der Waals surface area (Å²) in [5.41, 5.74) is -0.0353. The molecular formula is C10H12F2OS. The Morgan fingerprint density at radius 2 is 2.07 bits per heavy atom. The van der Waals surface area contributed by atoms with Crippen LogP contribution >= 0.6 is 11.8 Å². The second-order valence-electron chi connectivity index (χ2n) is 3.10. The molecular weight excluding hydrogens is 206 g/mol. The van der Waals surface area contributed by atoms with Crippen LogP contribution in [0.4, 0.5) is 8.78 Å². The first-order valence-corrected chi connectivity index (χ1v) is 5.47. The molecule has 0 aliphatic carbocycles. The van der Waals surface area contributed by atoms with E-state index < -0.39 is 17.7 Å². The summed E-state index contributed by atoms with van der Waals surface area (Å²) in [6.07, 6.45) is 0.991. The average Bonchev–Trinajstić information content (AvgIpc) is 2.12. The molecule has 14 heavy (non-hydrogen) atoms. The quantitative estimate of drug-likeness (QED) is 0.787. The zero-order chi connectivity index (χ0) is 10.7. The SMILES string of the molecule is CSc1ccc(F)c(CC(C)O)c1F. The minimum Gasteiger partial charge on any atom is -0.393 e. The van der Waals surface area contributed by atoms with Crippen LogP contribution in [0, 0.1) is 11.6 Å². The molecule has 1 rings (SSSR count). The van der Waals surface area contributed by atoms with Gasteiger partial charge < -0.3 is 5.11 Å². The van der Waals surface area contributed by atoms with Crippen molar-refractivity contribution in [3.8, 4) is 0 Å². The van der Waals surface area contributed by atoms with Crippen molar-refractivity contribution in [1.82, 2.24) is 0 Å². The maximum absolute atomic E-state index is 13.5. The molecule has 1 N–H and O–H groups in total. The third-order valence-electron chi connectivity index (χ3n) is 1.87. The van der Waals surface area contributed by atoms with Crippen LogP contribution in [-0.4, -0.2) is 17.5 Å². The Morgan fingerprint density at radius 1 is 1.43 bits per heavy atom. The maximum Gasteiger partial charge on any atom is 0.142 e. The highest BCUT2D eigenvalue weighted by atomic mass is 32.2. The van der Waals surface area contributed by atoms with E-state index in [4.69, 9.17) is 5.11 Å². The van der Waals surface area contributed by atoms with Crippen LogP contribution in [0.25, 0.3) is 0 Å². The fourth-order valence-corrected chi connectivity index (χ4v) is 1.72. The number of hydrogen-bond donors (Lipinski definition) is 1. The number of aliphatic hydroxyl groups excluding tert-OH is 1. The second kappa shape index (κ2) is 4.75. The van der Waals surface area contributed by atoms with Crippen LogP contribution in [-0.2, 0) is 6.42 Å². The van der Waals surface area contributed by atoms with E-state index in [1.54, 1.807) is 6.26 Å². The molecule has 1 unspecified atom stereocenters. The van der Waals surface area contributed by atoms with Gasteiger partial charge in [-0.15, -0.1) is 11.8 Å². The summed E-state index contributed by atoms with van der Waals surface area (Å²) in [6.45, 7) is 1.50. The Hall–Kier alpha value is -0.610.